The number of amides is 1. The first-order chi connectivity index (χ1) is 16.8. The summed E-state index contributed by atoms with van der Waals surface area (Å²) in [5, 5.41) is 2.87. The van der Waals surface area contributed by atoms with E-state index < -0.39 is 29.0 Å². The lowest BCUT2D eigenvalue weighted by Gasteiger charge is -2.53. The summed E-state index contributed by atoms with van der Waals surface area (Å²) in [5.41, 5.74) is 0.416. The maximum absolute atomic E-state index is 13.2. The van der Waals surface area contributed by atoms with Crippen LogP contribution in [0.4, 0.5) is 10.5 Å². The lowest BCUT2D eigenvalue weighted by Crippen LogP contribution is -2.70. The molecule has 5 fully saturated rings. The standard InChI is InChI=1S/C27H29NO7/c1-13(2)25-19(34-25)20-27(35-20)24(3)10-9-15-16(12-31-21(15)29)17(24)11-18-26(27,33-18)22(25)32-23(30)28-14-7-5-4-6-8-14/h4-8,13,17-20,22H,9-12H2,1-3H3,(H,28,30)/t17-,18-,19-,20+,22+,24-,25-,26+,27+/m0/s1. The molecule has 184 valence electrons. The number of ether oxygens (including phenoxy) is 5. The van der Waals surface area contributed by atoms with Gasteiger partial charge in [-0.1, -0.05) is 39.0 Å². The van der Waals surface area contributed by atoms with Crippen molar-refractivity contribution in [2.24, 2.45) is 17.3 Å². The number of benzene rings is 1. The molecule has 8 rings (SSSR count). The zero-order valence-corrected chi connectivity index (χ0v) is 20.0. The van der Waals surface area contributed by atoms with Crippen molar-refractivity contribution in [1.82, 2.24) is 0 Å². The fourth-order valence-corrected chi connectivity index (χ4v) is 8.62. The van der Waals surface area contributed by atoms with Crippen LogP contribution in [0.3, 0.4) is 0 Å². The van der Waals surface area contributed by atoms with E-state index in [1.54, 1.807) is 0 Å². The normalized spacial score (nSPS) is 49.5. The molecule has 3 saturated heterocycles. The van der Waals surface area contributed by atoms with Gasteiger partial charge >= 0.3 is 12.1 Å². The minimum atomic E-state index is -0.740. The average molecular weight is 480 g/mol. The predicted octanol–water partition coefficient (Wildman–Crippen LogP) is 3.36. The highest BCUT2D eigenvalue weighted by Gasteiger charge is 3.01. The Morgan fingerprint density at radius 2 is 1.94 bits per heavy atom. The molecule has 7 aliphatic rings. The quantitative estimate of drug-likeness (QED) is 0.524. The largest absolute Gasteiger partial charge is 0.458 e. The second-order valence-corrected chi connectivity index (χ2v) is 11.8. The van der Waals surface area contributed by atoms with E-state index >= 15 is 0 Å². The number of fused-ring (bicyclic) bond motifs is 4. The van der Waals surface area contributed by atoms with Crippen molar-refractivity contribution in [3.05, 3.63) is 41.5 Å². The molecule has 0 unspecified atom stereocenters. The third-order valence-corrected chi connectivity index (χ3v) is 10.3. The Kier molecular flexibility index (Phi) is 3.61. The number of carbonyl (C=O) groups excluding carboxylic acids is 2. The van der Waals surface area contributed by atoms with Gasteiger partial charge in [0.05, 0.1) is 6.10 Å². The number of nitrogens with one attached hydrogen (secondary N) is 1. The van der Waals surface area contributed by atoms with E-state index in [1.807, 2.05) is 30.3 Å². The Morgan fingerprint density at radius 3 is 2.71 bits per heavy atom. The lowest BCUT2D eigenvalue weighted by atomic mass is 9.46. The summed E-state index contributed by atoms with van der Waals surface area (Å²) in [7, 11) is 0. The molecule has 1 aromatic carbocycles. The summed E-state index contributed by atoms with van der Waals surface area (Å²) < 4.78 is 31.5. The van der Waals surface area contributed by atoms with Crippen molar-refractivity contribution in [2.75, 3.05) is 11.9 Å². The number of carbonyl (C=O) groups is 2. The molecule has 1 N–H and O–H groups in total. The number of hydrogen-bond acceptors (Lipinski definition) is 7. The maximum atomic E-state index is 13.2. The molecule has 2 spiro atoms. The summed E-state index contributed by atoms with van der Waals surface area (Å²) in [4.78, 5) is 25.5. The molecule has 4 aliphatic heterocycles. The fourth-order valence-electron chi connectivity index (χ4n) is 8.62. The van der Waals surface area contributed by atoms with Crippen LogP contribution < -0.4 is 5.32 Å². The monoisotopic (exact) mass is 479 g/mol. The summed E-state index contributed by atoms with van der Waals surface area (Å²) in [6, 6.07) is 9.30. The van der Waals surface area contributed by atoms with Crippen LogP contribution in [0.1, 0.15) is 40.0 Å². The Balaban J connectivity index is 1.19. The number of epoxide rings is 3. The zero-order chi connectivity index (χ0) is 24.0. The third kappa shape index (κ3) is 2.14. The number of esters is 1. The second kappa shape index (κ2) is 6.10. The molecule has 8 heteroatoms. The van der Waals surface area contributed by atoms with Crippen LogP contribution in [0.25, 0.3) is 0 Å². The minimum absolute atomic E-state index is 0.0973. The van der Waals surface area contributed by atoms with Gasteiger partial charge in [0.25, 0.3) is 0 Å². The van der Waals surface area contributed by atoms with Gasteiger partial charge in [-0.25, -0.2) is 9.59 Å². The SMILES string of the molecule is CC(C)[C@]12O[C@H]1[C@H]1O[C@]13[C@]1(O[C@H]1C[C@H]1C4=C(CC[C@@]13C)C(=O)OC4)[C@@H]2OC(=O)Nc1ccccc1. The van der Waals surface area contributed by atoms with Crippen LogP contribution >= 0.6 is 0 Å². The van der Waals surface area contributed by atoms with E-state index in [0.29, 0.717) is 18.7 Å². The molecule has 3 aliphatic carbocycles. The smallest absolute Gasteiger partial charge is 0.412 e. The summed E-state index contributed by atoms with van der Waals surface area (Å²) in [5.74, 6) is 0.0936. The van der Waals surface area contributed by atoms with Crippen LogP contribution in [0, 0.1) is 17.3 Å². The summed E-state index contributed by atoms with van der Waals surface area (Å²) in [6.45, 7) is 6.86. The number of cyclic esters (lactones) is 1. The van der Waals surface area contributed by atoms with Crippen molar-refractivity contribution < 1.29 is 33.3 Å². The Hall–Kier alpha value is -2.42. The van der Waals surface area contributed by atoms with Crippen LogP contribution in [0.2, 0.25) is 0 Å². The third-order valence-electron chi connectivity index (χ3n) is 10.3. The lowest BCUT2D eigenvalue weighted by molar-refractivity contribution is -0.136. The van der Waals surface area contributed by atoms with Gasteiger partial charge in [0.2, 0.25) is 0 Å². The second-order valence-electron chi connectivity index (χ2n) is 11.8. The Morgan fingerprint density at radius 1 is 1.14 bits per heavy atom. The van der Waals surface area contributed by atoms with Crippen LogP contribution in [0.15, 0.2) is 41.5 Å². The van der Waals surface area contributed by atoms with Crippen LogP contribution in [-0.4, -0.2) is 59.9 Å². The molecule has 2 saturated carbocycles. The van der Waals surface area contributed by atoms with Gasteiger partial charge in [-0.2, -0.15) is 0 Å². The van der Waals surface area contributed by atoms with Crippen molar-refractivity contribution in [3.63, 3.8) is 0 Å². The van der Waals surface area contributed by atoms with Crippen molar-refractivity contribution in [3.8, 4) is 0 Å². The molecular formula is C27H29NO7. The zero-order valence-electron chi connectivity index (χ0n) is 20.0. The molecule has 9 atom stereocenters. The molecule has 4 heterocycles. The van der Waals surface area contributed by atoms with E-state index in [-0.39, 0.29) is 41.5 Å². The van der Waals surface area contributed by atoms with Gasteiger partial charge in [0.1, 0.15) is 30.0 Å². The molecule has 0 aromatic heterocycles. The van der Waals surface area contributed by atoms with Gasteiger partial charge < -0.3 is 23.7 Å². The van der Waals surface area contributed by atoms with E-state index in [2.05, 4.69) is 26.1 Å². The van der Waals surface area contributed by atoms with Gasteiger partial charge in [0.15, 0.2) is 11.7 Å². The number of rotatable bonds is 3. The molecule has 1 aromatic rings. The Labute approximate surface area is 203 Å². The fraction of sp³-hybridized carbons (Fsp3) is 0.630. The topological polar surface area (TPSA) is 102 Å². The molecule has 0 radical (unpaired) electrons. The molecule has 1 amide bonds. The van der Waals surface area contributed by atoms with Crippen LogP contribution in [0.5, 0.6) is 0 Å². The van der Waals surface area contributed by atoms with Gasteiger partial charge in [-0.3, -0.25) is 5.32 Å². The van der Waals surface area contributed by atoms with E-state index in [4.69, 9.17) is 23.7 Å². The van der Waals surface area contributed by atoms with Crippen molar-refractivity contribution in [1.29, 1.82) is 0 Å². The Bertz CT molecular complexity index is 1210. The van der Waals surface area contributed by atoms with Crippen molar-refractivity contribution in [2.45, 2.75) is 81.3 Å². The van der Waals surface area contributed by atoms with Gasteiger partial charge in [-0.15, -0.1) is 0 Å². The molecule has 8 nitrogen and oxygen atoms in total. The van der Waals surface area contributed by atoms with E-state index in [1.165, 1.54) is 0 Å². The maximum Gasteiger partial charge on any atom is 0.412 e. The highest BCUT2D eigenvalue weighted by atomic mass is 16.8. The first-order valence-corrected chi connectivity index (χ1v) is 12.7. The number of anilines is 1. The minimum Gasteiger partial charge on any atom is -0.458 e. The average Bonchev–Trinajstić information content (AvgIpc) is 3.73. The van der Waals surface area contributed by atoms with Crippen LogP contribution in [-0.2, 0) is 28.5 Å². The first-order valence-electron chi connectivity index (χ1n) is 12.7. The number of para-hydroxylation sites is 1. The first kappa shape index (κ1) is 20.7. The molecule has 35 heavy (non-hydrogen) atoms. The van der Waals surface area contributed by atoms with E-state index in [9.17, 15) is 9.59 Å². The van der Waals surface area contributed by atoms with E-state index in [0.717, 1.165) is 24.0 Å². The van der Waals surface area contributed by atoms with Gasteiger partial charge in [0, 0.05) is 16.7 Å². The van der Waals surface area contributed by atoms with Crippen molar-refractivity contribution >= 4 is 17.7 Å². The van der Waals surface area contributed by atoms with Gasteiger partial charge in [-0.05, 0) is 48.8 Å². The highest BCUT2D eigenvalue weighted by molar-refractivity contribution is 5.92. The number of hydrogen-bond donors (Lipinski definition) is 1. The summed E-state index contributed by atoms with van der Waals surface area (Å²) in [6.07, 6.45) is 0.808. The molecule has 0 bridgehead atoms. The summed E-state index contributed by atoms with van der Waals surface area (Å²) >= 11 is 0. The highest BCUT2D eigenvalue weighted by Crippen LogP contribution is 2.83. The predicted molar refractivity (Wildman–Crippen MR) is 121 cm³/mol. The molecular weight excluding hydrogens is 450 g/mol.